The summed E-state index contributed by atoms with van der Waals surface area (Å²) in [5.74, 6) is 0. The van der Waals surface area contributed by atoms with E-state index in [1.807, 2.05) is 55.5 Å². The highest BCUT2D eigenvalue weighted by atomic mass is 31.1. The van der Waals surface area contributed by atoms with E-state index in [2.05, 4.69) is 0 Å². The van der Waals surface area contributed by atoms with Gasteiger partial charge in [0, 0.05) is 0 Å². The molecule has 0 saturated carbocycles. The molecule has 0 unspecified atom stereocenters. The van der Waals surface area contributed by atoms with Crippen molar-refractivity contribution in [2.24, 2.45) is 0 Å². The molecule has 0 saturated heterocycles. The Bertz CT molecular complexity index is 477. The fourth-order valence-corrected chi connectivity index (χ4v) is 2.14. The number of rotatable bonds is 2. The molecule has 2 heteroatoms. The summed E-state index contributed by atoms with van der Waals surface area (Å²) in [6.45, 7) is 2.00. The van der Waals surface area contributed by atoms with Crippen LogP contribution in [0.15, 0.2) is 48.5 Å². The van der Waals surface area contributed by atoms with Crippen molar-refractivity contribution in [3.05, 3.63) is 54.1 Å². The van der Waals surface area contributed by atoms with Gasteiger partial charge in [0.05, 0.1) is 5.30 Å². The topological polar surface area (TPSA) is 17.1 Å². The van der Waals surface area contributed by atoms with Crippen LogP contribution >= 0.6 is 8.46 Å². The Morgan fingerprint density at radius 1 is 1.00 bits per heavy atom. The lowest BCUT2D eigenvalue weighted by Crippen LogP contribution is -1.98. The van der Waals surface area contributed by atoms with Gasteiger partial charge in [-0.25, -0.2) is 0 Å². The second kappa shape index (κ2) is 4.37. The van der Waals surface area contributed by atoms with Gasteiger partial charge in [-0.1, -0.05) is 48.0 Å². The third kappa shape index (κ3) is 2.14. The van der Waals surface area contributed by atoms with E-state index < -0.39 is 0 Å². The van der Waals surface area contributed by atoms with E-state index in [9.17, 15) is 4.57 Å². The third-order valence-corrected chi connectivity index (χ3v) is 2.90. The predicted octanol–water partition coefficient (Wildman–Crippen LogP) is 3.58. The Kier molecular flexibility index (Phi) is 2.94. The van der Waals surface area contributed by atoms with Gasteiger partial charge in [-0.3, -0.25) is 4.57 Å². The zero-order valence-corrected chi connectivity index (χ0v) is 9.37. The van der Waals surface area contributed by atoms with E-state index in [1.54, 1.807) is 0 Å². The summed E-state index contributed by atoms with van der Waals surface area (Å²) in [4.78, 5) is 0. The molecule has 2 aromatic carbocycles. The van der Waals surface area contributed by atoms with Crippen molar-refractivity contribution in [1.29, 1.82) is 0 Å². The highest BCUT2D eigenvalue weighted by molar-refractivity contribution is 7.34. The van der Waals surface area contributed by atoms with Gasteiger partial charge in [-0.15, -0.1) is 0 Å². The van der Waals surface area contributed by atoms with E-state index in [0.717, 1.165) is 22.0 Å². The highest BCUT2D eigenvalue weighted by Crippen LogP contribution is 2.20. The molecule has 0 aliphatic rings. The second-order valence-corrected chi connectivity index (χ2v) is 4.14. The van der Waals surface area contributed by atoms with Crippen LogP contribution in [0.5, 0.6) is 0 Å². The minimum Gasteiger partial charge on any atom is -0.269 e. The molecular weight excluding hydrogens is 203 g/mol. The zero-order valence-electron chi connectivity index (χ0n) is 8.47. The fraction of sp³-hybridized carbons (Fsp3) is 0.0769. The van der Waals surface area contributed by atoms with Gasteiger partial charge >= 0.3 is 0 Å². The number of aryl methyl sites for hydroxylation is 1. The fourth-order valence-electron chi connectivity index (χ4n) is 1.58. The average molecular weight is 214 g/mol. The van der Waals surface area contributed by atoms with Crippen molar-refractivity contribution in [3.63, 3.8) is 0 Å². The van der Waals surface area contributed by atoms with Crippen LogP contribution in [0, 0.1) is 6.92 Å². The molecule has 0 N–H and O–H groups in total. The number of hydrogen-bond donors (Lipinski definition) is 0. The number of benzene rings is 2. The van der Waals surface area contributed by atoms with Crippen LogP contribution in [0.3, 0.4) is 0 Å². The largest absolute Gasteiger partial charge is 0.269 e. The van der Waals surface area contributed by atoms with Gasteiger partial charge in [-0.2, -0.15) is 0 Å². The molecular formula is C13H11OP. The summed E-state index contributed by atoms with van der Waals surface area (Å²) in [7, 11) is 0.0776. The van der Waals surface area contributed by atoms with Crippen molar-refractivity contribution in [2.45, 2.75) is 6.92 Å². The van der Waals surface area contributed by atoms with Gasteiger partial charge in [0.2, 0.25) is 0 Å². The molecule has 0 spiro atoms. The Balaban J connectivity index is 2.58. The van der Waals surface area contributed by atoms with Gasteiger partial charge in [-0.05, 0) is 24.1 Å². The first-order valence-electron chi connectivity index (χ1n) is 4.80. The minimum absolute atomic E-state index is 0.0776. The Hall–Kier alpha value is -1.46. The molecule has 0 amide bonds. The first kappa shape index (κ1) is 10.1. The van der Waals surface area contributed by atoms with Crippen LogP contribution in [-0.4, -0.2) is 0 Å². The lowest BCUT2D eigenvalue weighted by atomic mass is 10.0. The van der Waals surface area contributed by atoms with E-state index in [-0.39, 0.29) is 8.46 Å². The lowest BCUT2D eigenvalue weighted by Gasteiger charge is -2.04. The molecule has 0 fully saturated rings. The maximum absolute atomic E-state index is 11.1. The Morgan fingerprint density at radius 2 is 1.73 bits per heavy atom. The molecule has 0 radical (unpaired) electrons. The normalized spacial score (nSPS) is 10.5. The van der Waals surface area contributed by atoms with Crippen LogP contribution < -0.4 is 5.30 Å². The SMILES string of the molecule is Cc1ccc(-c2ccccc2)c(P=O)c1. The maximum Gasteiger partial charge on any atom is 0.192 e. The Labute approximate surface area is 91.0 Å². The summed E-state index contributed by atoms with van der Waals surface area (Å²) >= 11 is 0. The van der Waals surface area contributed by atoms with E-state index >= 15 is 0 Å². The number of hydrogen-bond acceptors (Lipinski definition) is 1. The lowest BCUT2D eigenvalue weighted by molar-refractivity contribution is 0.603. The predicted molar refractivity (Wildman–Crippen MR) is 63.9 cm³/mol. The molecule has 74 valence electrons. The van der Waals surface area contributed by atoms with Crippen LogP contribution in [-0.2, 0) is 4.57 Å². The average Bonchev–Trinajstić information content (AvgIpc) is 2.30. The minimum atomic E-state index is 0.0776. The third-order valence-electron chi connectivity index (χ3n) is 2.34. The summed E-state index contributed by atoms with van der Waals surface area (Å²) in [6.07, 6.45) is 0. The van der Waals surface area contributed by atoms with Crippen molar-refractivity contribution in [1.82, 2.24) is 0 Å². The molecule has 0 aromatic heterocycles. The van der Waals surface area contributed by atoms with Gasteiger partial charge in [0.25, 0.3) is 0 Å². The molecule has 0 atom stereocenters. The summed E-state index contributed by atoms with van der Waals surface area (Å²) in [5, 5.41) is 0.848. The molecule has 0 aliphatic carbocycles. The molecule has 2 rings (SSSR count). The maximum atomic E-state index is 11.1. The van der Waals surface area contributed by atoms with Crippen LogP contribution in [0.25, 0.3) is 11.1 Å². The van der Waals surface area contributed by atoms with Gasteiger partial charge in [0.15, 0.2) is 8.46 Å². The van der Waals surface area contributed by atoms with Crippen molar-refractivity contribution in [2.75, 3.05) is 0 Å². The standard InChI is InChI=1S/C13H11OP/c1-10-7-8-12(13(9-10)15-14)11-5-3-2-4-6-11/h2-9H,1H3. The molecule has 1 nitrogen and oxygen atoms in total. The van der Waals surface area contributed by atoms with Crippen LogP contribution in [0.2, 0.25) is 0 Å². The van der Waals surface area contributed by atoms with Crippen molar-refractivity contribution < 1.29 is 4.57 Å². The molecule has 2 aromatic rings. The van der Waals surface area contributed by atoms with Crippen LogP contribution in [0.1, 0.15) is 5.56 Å². The van der Waals surface area contributed by atoms with E-state index in [0.29, 0.717) is 0 Å². The van der Waals surface area contributed by atoms with Crippen LogP contribution in [0.4, 0.5) is 0 Å². The van der Waals surface area contributed by atoms with Gasteiger partial charge < -0.3 is 0 Å². The first-order chi connectivity index (χ1) is 7.31. The van der Waals surface area contributed by atoms with Crippen molar-refractivity contribution >= 4 is 13.8 Å². The van der Waals surface area contributed by atoms with Crippen molar-refractivity contribution in [3.8, 4) is 11.1 Å². The second-order valence-electron chi connectivity index (χ2n) is 3.48. The Morgan fingerprint density at radius 3 is 2.40 bits per heavy atom. The molecule has 0 heterocycles. The molecule has 0 bridgehead atoms. The zero-order chi connectivity index (χ0) is 10.7. The summed E-state index contributed by atoms with van der Waals surface area (Å²) in [6, 6.07) is 16.0. The molecule has 15 heavy (non-hydrogen) atoms. The first-order valence-corrected chi connectivity index (χ1v) is 5.62. The summed E-state index contributed by atoms with van der Waals surface area (Å²) < 4.78 is 11.1. The quantitative estimate of drug-likeness (QED) is 0.698. The highest BCUT2D eigenvalue weighted by Gasteiger charge is 2.04. The molecule has 0 aliphatic heterocycles. The monoisotopic (exact) mass is 214 g/mol. The van der Waals surface area contributed by atoms with Gasteiger partial charge in [0.1, 0.15) is 0 Å². The van der Waals surface area contributed by atoms with E-state index in [1.165, 1.54) is 0 Å². The smallest absolute Gasteiger partial charge is 0.192 e. The summed E-state index contributed by atoms with van der Waals surface area (Å²) in [5.41, 5.74) is 3.28. The van der Waals surface area contributed by atoms with E-state index in [4.69, 9.17) is 0 Å².